The van der Waals surface area contributed by atoms with Crippen molar-refractivity contribution in [3.05, 3.63) is 89.3 Å². The molecule has 184 valence electrons. The van der Waals surface area contributed by atoms with Gasteiger partial charge in [-0.05, 0) is 35.8 Å². The number of carbonyl (C=O) groups excluding carboxylic acids is 2. The Hall–Kier alpha value is -3.96. The first-order valence-electron chi connectivity index (χ1n) is 10.5. The average Bonchev–Trinajstić information content (AvgIpc) is 3.71. The molecule has 0 atom stereocenters. The highest BCUT2D eigenvalue weighted by Gasteiger charge is 2.22. The van der Waals surface area contributed by atoms with Crippen molar-refractivity contribution in [1.29, 1.82) is 5.26 Å². The fraction of sp³-hybridized carbons (Fsp3) is 0.0870. The van der Waals surface area contributed by atoms with Gasteiger partial charge in [-0.1, -0.05) is 11.6 Å². The third-order valence-corrected chi connectivity index (χ3v) is 7.75. The number of rotatable bonds is 8. The summed E-state index contributed by atoms with van der Waals surface area (Å²) in [7, 11) is 0. The van der Waals surface area contributed by atoms with Crippen molar-refractivity contribution in [3.63, 3.8) is 0 Å². The lowest BCUT2D eigenvalue weighted by atomic mass is 10.1. The first-order valence-corrected chi connectivity index (χ1v) is 13.4. The smallest absolute Gasteiger partial charge is 0.299 e. The van der Waals surface area contributed by atoms with Gasteiger partial charge in [0.05, 0.1) is 38.9 Å². The van der Waals surface area contributed by atoms with Gasteiger partial charge in [-0.2, -0.15) is 15.0 Å². The minimum absolute atomic E-state index is 0.0724. The van der Waals surface area contributed by atoms with Gasteiger partial charge in [0.25, 0.3) is 11.5 Å². The number of hydrogen-bond donors (Lipinski definition) is 1. The van der Waals surface area contributed by atoms with Gasteiger partial charge in [0.2, 0.25) is 0 Å². The zero-order chi connectivity index (χ0) is 25.9. The van der Waals surface area contributed by atoms with Crippen molar-refractivity contribution in [3.8, 4) is 17.3 Å². The molecule has 0 aliphatic heterocycles. The van der Waals surface area contributed by atoms with Crippen molar-refractivity contribution in [2.24, 2.45) is 0 Å². The van der Waals surface area contributed by atoms with E-state index in [2.05, 4.69) is 19.8 Å². The number of Topliss-reactive ketones (excluding diaryl/α,β-unsaturated/α-hetero) is 1. The number of anilines is 1. The number of carbonyl (C=O) groups is 2. The molecule has 0 radical (unpaired) electrons. The molecule has 0 saturated carbocycles. The molecular weight excluding hydrogens is 554 g/mol. The van der Waals surface area contributed by atoms with Crippen LogP contribution in [0.25, 0.3) is 11.3 Å². The van der Waals surface area contributed by atoms with Crippen LogP contribution in [-0.2, 0) is 13.1 Å². The summed E-state index contributed by atoms with van der Waals surface area (Å²) in [4.78, 5) is 44.5. The molecule has 0 spiro atoms. The highest BCUT2D eigenvalue weighted by Crippen LogP contribution is 2.25. The Balaban J connectivity index is 1.55. The van der Waals surface area contributed by atoms with E-state index in [9.17, 15) is 19.6 Å². The van der Waals surface area contributed by atoms with E-state index in [1.165, 1.54) is 46.6 Å². The Labute approximate surface area is 226 Å². The number of aromatic nitrogens is 5. The molecule has 0 aliphatic rings. The highest BCUT2D eigenvalue weighted by atomic mass is 35.5. The highest BCUT2D eigenvalue weighted by molar-refractivity contribution is 7.16. The molecule has 5 rings (SSSR count). The Bertz CT molecular complexity index is 1700. The molecule has 14 heteroatoms. The first kappa shape index (κ1) is 24.7. The molecule has 5 aromatic rings. The maximum absolute atomic E-state index is 13.4. The zero-order valence-electron chi connectivity index (χ0n) is 18.6. The van der Waals surface area contributed by atoms with Gasteiger partial charge in [0, 0.05) is 28.7 Å². The van der Waals surface area contributed by atoms with Crippen molar-refractivity contribution in [2.45, 2.75) is 13.1 Å². The molecule has 0 bridgehead atoms. The number of pyridine rings is 1. The van der Waals surface area contributed by atoms with E-state index in [1.54, 1.807) is 23.6 Å². The van der Waals surface area contributed by atoms with Crippen molar-refractivity contribution < 1.29 is 9.59 Å². The van der Waals surface area contributed by atoms with Crippen LogP contribution in [0.4, 0.5) is 5.82 Å². The second-order valence-corrected chi connectivity index (χ2v) is 10.9. The molecule has 1 N–H and O–H groups in total. The second kappa shape index (κ2) is 10.6. The monoisotopic (exact) mass is 567 g/mol. The fourth-order valence-electron chi connectivity index (χ4n) is 3.43. The third-order valence-electron chi connectivity index (χ3n) is 5.14. The Morgan fingerprint density at radius 2 is 2.08 bits per heavy atom. The number of nitrogens with zero attached hydrogens (tertiary/aromatic N) is 6. The molecule has 0 aromatic carbocycles. The summed E-state index contributed by atoms with van der Waals surface area (Å²) < 4.78 is 6.84. The number of halogens is 1. The van der Waals surface area contributed by atoms with E-state index in [0.29, 0.717) is 21.6 Å². The average molecular weight is 568 g/mol. The molecular formula is C23H14ClN7O3S3. The van der Waals surface area contributed by atoms with Crippen LogP contribution < -0.4 is 10.9 Å². The predicted molar refractivity (Wildman–Crippen MR) is 142 cm³/mol. The normalized spacial score (nSPS) is 10.8. The summed E-state index contributed by atoms with van der Waals surface area (Å²) in [6.07, 6.45) is 2.82. The molecule has 0 amide bonds. The molecule has 0 unspecified atom stereocenters. The lowest BCUT2D eigenvalue weighted by Gasteiger charge is -2.07. The van der Waals surface area contributed by atoms with Crippen molar-refractivity contribution in [2.75, 3.05) is 5.32 Å². The number of hydrogen-bond acceptors (Lipinski definition) is 11. The van der Waals surface area contributed by atoms with Gasteiger partial charge >= 0.3 is 0 Å². The Morgan fingerprint density at radius 3 is 2.76 bits per heavy atom. The largest absolute Gasteiger partial charge is 0.365 e. The zero-order valence-corrected chi connectivity index (χ0v) is 21.8. The summed E-state index contributed by atoms with van der Waals surface area (Å²) in [6, 6.07) is 10.1. The summed E-state index contributed by atoms with van der Waals surface area (Å²) in [5, 5.41) is 18.7. The molecule has 0 aliphatic carbocycles. The number of ketones is 1. The van der Waals surface area contributed by atoms with E-state index < -0.39 is 11.5 Å². The third kappa shape index (κ3) is 5.27. The number of thiophene rings is 1. The van der Waals surface area contributed by atoms with E-state index in [1.807, 2.05) is 12.1 Å². The Kier molecular flexibility index (Phi) is 7.06. The van der Waals surface area contributed by atoms with Crippen molar-refractivity contribution in [1.82, 2.24) is 23.7 Å². The van der Waals surface area contributed by atoms with E-state index in [4.69, 9.17) is 11.6 Å². The van der Waals surface area contributed by atoms with Crippen LogP contribution in [-0.4, -0.2) is 35.4 Å². The minimum Gasteiger partial charge on any atom is -0.365 e. The van der Waals surface area contributed by atoms with Crippen LogP contribution >= 0.6 is 45.8 Å². The lowest BCUT2D eigenvalue weighted by Crippen LogP contribution is -2.25. The number of nitriles is 1. The SMILES string of the molecule is N#Cc1cc(-c2cc(NCc3ccc(Cl)s3)n(C(=O)c3cscn3)n2)c(=O)n(CC(=O)c2ccns2)c1. The van der Waals surface area contributed by atoms with Crippen molar-refractivity contribution >= 4 is 63.3 Å². The number of nitrogens with one attached hydrogen (secondary N) is 1. The topological polar surface area (TPSA) is 136 Å². The van der Waals surface area contributed by atoms with Crippen LogP contribution in [0.1, 0.15) is 30.6 Å². The van der Waals surface area contributed by atoms with Crippen LogP contribution in [0.3, 0.4) is 0 Å². The quantitative estimate of drug-likeness (QED) is 0.273. The molecule has 5 heterocycles. The van der Waals surface area contributed by atoms with Crippen LogP contribution in [0, 0.1) is 11.3 Å². The van der Waals surface area contributed by atoms with E-state index in [0.717, 1.165) is 25.7 Å². The van der Waals surface area contributed by atoms with Gasteiger partial charge in [0.1, 0.15) is 23.3 Å². The van der Waals surface area contributed by atoms with E-state index in [-0.39, 0.29) is 34.8 Å². The molecule has 10 nitrogen and oxygen atoms in total. The maximum atomic E-state index is 13.4. The molecule has 0 saturated heterocycles. The summed E-state index contributed by atoms with van der Waals surface area (Å²) in [5.74, 6) is -0.477. The molecule has 37 heavy (non-hydrogen) atoms. The predicted octanol–water partition coefficient (Wildman–Crippen LogP) is 4.39. The van der Waals surface area contributed by atoms with E-state index >= 15 is 0 Å². The van der Waals surface area contributed by atoms with Crippen LogP contribution in [0.2, 0.25) is 4.34 Å². The summed E-state index contributed by atoms with van der Waals surface area (Å²) in [5.41, 5.74) is 1.60. The second-order valence-electron chi connectivity index (χ2n) is 7.55. The van der Waals surface area contributed by atoms with Gasteiger partial charge in [-0.25, -0.2) is 9.36 Å². The fourth-order valence-corrected chi connectivity index (χ4v) is 5.51. The Morgan fingerprint density at radius 1 is 1.22 bits per heavy atom. The van der Waals surface area contributed by atoms with Gasteiger partial charge < -0.3 is 9.88 Å². The lowest BCUT2D eigenvalue weighted by molar-refractivity contribution is 0.0942. The summed E-state index contributed by atoms with van der Waals surface area (Å²) in [6.45, 7) is 0.0882. The molecule has 0 fully saturated rings. The van der Waals surface area contributed by atoms with Crippen LogP contribution in [0.5, 0.6) is 0 Å². The number of thiazole rings is 1. The van der Waals surface area contributed by atoms with Gasteiger partial charge in [-0.15, -0.1) is 22.7 Å². The van der Waals surface area contributed by atoms with Crippen LogP contribution in [0.15, 0.2) is 58.4 Å². The summed E-state index contributed by atoms with van der Waals surface area (Å²) >= 11 is 9.71. The molecule has 5 aromatic heterocycles. The maximum Gasteiger partial charge on any atom is 0.299 e. The van der Waals surface area contributed by atoms with Gasteiger partial charge in [-0.3, -0.25) is 14.4 Å². The van der Waals surface area contributed by atoms with Gasteiger partial charge in [0.15, 0.2) is 5.78 Å². The minimum atomic E-state index is -0.529. The standard InChI is InChI=1S/C23H14ClN7O3S3/c24-20-2-1-14(36-20)8-26-21-6-16(29-31(21)23(34)17-11-35-12-27-17)15-5-13(7-25)9-30(22(15)33)10-18(32)19-3-4-28-37-19/h1-6,9,11-12,26H,8,10H2. The first-order chi connectivity index (χ1) is 17.9.